The van der Waals surface area contributed by atoms with E-state index in [4.69, 9.17) is 7.79 Å². The fourth-order valence-corrected chi connectivity index (χ4v) is 2.95. The molecule has 0 saturated carbocycles. The number of aliphatic hydroxyl groups excluding tert-OH is 1. The number of hydrogen-bond donors (Lipinski definition) is 2. The number of aliphatic hydroxyl groups is 1. The van der Waals surface area contributed by atoms with Crippen LogP contribution in [0.25, 0.3) is 0 Å². The SMILES string of the molecule is [2H]CC1(CO)CCN(C(=O)CCCCCNC(=O)CCCCC#C)CC1. The van der Waals surface area contributed by atoms with Gasteiger partial charge < -0.3 is 15.3 Å². The third-order valence-electron chi connectivity index (χ3n) is 4.88. The van der Waals surface area contributed by atoms with Crippen LogP contribution in [0.15, 0.2) is 0 Å². The van der Waals surface area contributed by atoms with Gasteiger partial charge >= 0.3 is 0 Å². The highest BCUT2D eigenvalue weighted by Crippen LogP contribution is 2.30. The van der Waals surface area contributed by atoms with Gasteiger partial charge in [0.05, 0.1) is 0 Å². The fourth-order valence-electron chi connectivity index (χ4n) is 2.95. The molecule has 5 nitrogen and oxygen atoms in total. The lowest BCUT2D eigenvalue weighted by atomic mass is 9.81. The van der Waals surface area contributed by atoms with E-state index < -0.39 is 0 Å². The molecule has 0 unspecified atom stereocenters. The van der Waals surface area contributed by atoms with E-state index in [1.54, 1.807) is 0 Å². The molecule has 0 bridgehead atoms. The highest BCUT2D eigenvalue weighted by Gasteiger charge is 2.30. The number of terminal acetylenes is 1. The third-order valence-corrected chi connectivity index (χ3v) is 4.88. The Morgan fingerprint density at radius 2 is 1.92 bits per heavy atom. The van der Waals surface area contributed by atoms with E-state index in [0.29, 0.717) is 45.3 Å². The Labute approximate surface area is 153 Å². The maximum atomic E-state index is 12.2. The summed E-state index contributed by atoms with van der Waals surface area (Å²) in [5.74, 6) is 2.81. The van der Waals surface area contributed by atoms with Gasteiger partial charge in [-0.3, -0.25) is 9.59 Å². The first kappa shape index (κ1) is 19.8. The molecule has 1 saturated heterocycles. The van der Waals surface area contributed by atoms with Crippen LogP contribution in [0, 0.1) is 17.8 Å². The van der Waals surface area contributed by atoms with Gasteiger partial charge in [0.15, 0.2) is 0 Å². The minimum absolute atomic E-state index is 0.0359. The molecule has 2 amide bonds. The van der Waals surface area contributed by atoms with E-state index in [9.17, 15) is 14.7 Å². The Balaban J connectivity index is 2.04. The van der Waals surface area contributed by atoms with Crippen molar-refractivity contribution in [3.8, 4) is 12.3 Å². The summed E-state index contributed by atoms with van der Waals surface area (Å²) >= 11 is 0. The van der Waals surface area contributed by atoms with Crippen molar-refractivity contribution in [2.24, 2.45) is 5.41 Å². The van der Waals surface area contributed by atoms with E-state index in [-0.39, 0.29) is 30.7 Å². The molecule has 2 N–H and O–H groups in total. The topological polar surface area (TPSA) is 69.6 Å². The number of carbonyl (C=O) groups is 2. The first-order valence-electron chi connectivity index (χ1n) is 10.2. The summed E-state index contributed by atoms with van der Waals surface area (Å²) in [4.78, 5) is 25.7. The molecule has 0 atom stereocenters. The Hall–Kier alpha value is -1.54. The van der Waals surface area contributed by atoms with Gasteiger partial charge in [-0.25, -0.2) is 0 Å². The minimum Gasteiger partial charge on any atom is -0.396 e. The number of amides is 2. The molecule has 1 aliphatic rings. The van der Waals surface area contributed by atoms with Crippen LogP contribution in [-0.2, 0) is 9.59 Å². The van der Waals surface area contributed by atoms with Crippen molar-refractivity contribution >= 4 is 11.8 Å². The largest absolute Gasteiger partial charge is 0.396 e. The maximum Gasteiger partial charge on any atom is 0.222 e. The maximum absolute atomic E-state index is 12.2. The molecule has 0 aromatic rings. The predicted octanol–water partition coefficient (Wildman–Crippen LogP) is 2.48. The highest BCUT2D eigenvalue weighted by molar-refractivity contribution is 5.76. The van der Waals surface area contributed by atoms with Crippen molar-refractivity contribution in [1.29, 1.82) is 0 Å². The molecule has 0 aromatic heterocycles. The lowest BCUT2D eigenvalue weighted by Gasteiger charge is -2.38. The lowest BCUT2D eigenvalue weighted by molar-refractivity contribution is -0.134. The van der Waals surface area contributed by atoms with E-state index >= 15 is 0 Å². The molecule has 0 spiro atoms. The van der Waals surface area contributed by atoms with Crippen molar-refractivity contribution < 1.29 is 16.1 Å². The zero-order valence-electron chi connectivity index (χ0n) is 16.4. The summed E-state index contributed by atoms with van der Waals surface area (Å²) in [5.41, 5.74) is -0.310. The number of nitrogens with zero attached hydrogens (tertiary/aromatic N) is 1. The van der Waals surface area contributed by atoms with E-state index in [0.717, 1.165) is 38.5 Å². The van der Waals surface area contributed by atoms with Crippen molar-refractivity contribution in [2.75, 3.05) is 26.2 Å². The summed E-state index contributed by atoms with van der Waals surface area (Å²) in [6.07, 6.45) is 12.7. The summed E-state index contributed by atoms with van der Waals surface area (Å²) in [7, 11) is 0. The van der Waals surface area contributed by atoms with Gasteiger partial charge in [-0.2, -0.15) is 0 Å². The molecule has 142 valence electrons. The molecule has 1 fully saturated rings. The fraction of sp³-hybridized carbons (Fsp3) is 0.800. The Bertz CT molecular complexity index is 462. The van der Waals surface area contributed by atoms with Crippen molar-refractivity contribution in [1.82, 2.24) is 10.2 Å². The molecular weight excluding hydrogens is 316 g/mol. The normalized spacial score (nSPS) is 16.8. The standard InChI is InChI=1S/C20H34N2O3/c1-3-4-5-7-10-18(24)21-14-9-6-8-11-19(25)22-15-12-20(2,17-23)13-16-22/h1,23H,4-17H2,2H3,(H,21,24)/i2D. The van der Waals surface area contributed by atoms with Crippen molar-refractivity contribution in [3.05, 3.63) is 0 Å². The number of carbonyl (C=O) groups excluding carboxylic acids is 2. The number of piperidine rings is 1. The van der Waals surface area contributed by atoms with E-state index in [1.165, 1.54) is 0 Å². The van der Waals surface area contributed by atoms with Crippen LogP contribution in [0.3, 0.4) is 0 Å². The smallest absolute Gasteiger partial charge is 0.222 e. The first-order valence-corrected chi connectivity index (χ1v) is 9.45. The number of unbranched alkanes of at least 4 members (excludes halogenated alkanes) is 4. The molecule has 0 radical (unpaired) electrons. The van der Waals surface area contributed by atoms with Crippen LogP contribution >= 0.6 is 0 Å². The Morgan fingerprint density at radius 1 is 1.20 bits per heavy atom. The number of rotatable bonds is 11. The third kappa shape index (κ3) is 8.92. The monoisotopic (exact) mass is 351 g/mol. The van der Waals surface area contributed by atoms with E-state index in [1.807, 2.05) is 4.90 Å². The average Bonchev–Trinajstić information content (AvgIpc) is 2.67. The average molecular weight is 352 g/mol. The number of likely N-dealkylation sites (tertiary alicyclic amines) is 1. The van der Waals surface area contributed by atoms with Gasteiger partial charge in [0.2, 0.25) is 11.8 Å². The summed E-state index contributed by atoms with van der Waals surface area (Å²) in [6.45, 7) is 2.21. The molecule has 1 aliphatic heterocycles. The van der Waals surface area contributed by atoms with Gasteiger partial charge in [0.1, 0.15) is 0 Å². The highest BCUT2D eigenvalue weighted by atomic mass is 16.3. The minimum atomic E-state index is -0.310. The number of hydrogen-bond acceptors (Lipinski definition) is 3. The Morgan fingerprint density at radius 3 is 2.56 bits per heavy atom. The summed E-state index contributed by atoms with van der Waals surface area (Å²) in [5, 5.41) is 12.3. The second-order valence-corrected chi connectivity index (χ2v) is 7.11. The molecular formula is C20H34N2O3. The van der Waals surface area contributed by atoms with Crippen LogP contribution < -0.4 is 5.32 Å². The van der Waals surface area contributed by atoms with E-state index in [2.05, 4.69) is 11.2 Å². The van der Waals surface area contributed by atoms with Crippen LogP contribution in [-0.4, -0.2) is 48.1 Å². The molecule has 1 rings (SSSR count). The second kappa shape index (κ2) is 11.9. The van der Waals surface area contributed by atoms with Gasteiger partial charge in [-0.1, -0.05) is 13.3 Å². The van der Waals surface area contributed by atoms with Gasteiger partial charge in [-0.15, -0.1) is 12.3 Å². The number of nitrogens with one attached hydrogen (secondary N) is 1. The molecule has 5 heteroatoms. The van der Waals surface area contributed by atoms with Crippen LogP contribution in [0.4, 0.5) is 0 Å². The first-order chi connectivity index (χ1) is 12.6. The van der Waals surface area contributed by atoms with Gasteiger partial charge in [-0.05, 0) is 43.9 Å². The van der Waals surface area contributed by atoms with Gasteiger partial charge in [0, 0.05) is 46.9 Å². The quantitative estimate of drug-likeness (QED) is 0.444. The molecule has 25 heavy (non-hydrogen) atoms. The van der Waals surface area contributed by atoms with Crippen molar-refractivity contribution in [3.63, 3.8) is 0 Å². The van der Waals surface area contributed by atoms with Crippen molar-refractivity contribution in [2.45, 2.75) is 71.1 Å². The van der Waals surface area contributed by atoms with Crippen LogP contribution in [0.5, 0.6) is 0 Å². The van der Waals surface area contributed by atoms with Gasteiger partial charge in [0.25, 0.3) is 0 Å². The molecule has 0 aliphatic carbocycles. The predicted molar refractivity (Wildman–Crippen MR) is 99.8 cm³/mol. The lowest BCUT2D eigenvalue weighted by Crippen LogP contribution is -2.43. The van der Waals surface area contributed by atoms with Crippen LogP contribution in [0.1, 0.15) is 72.5 Å². The summed E-state index contributed by atoms with van der Waals surface area (Å²) in [6, 6.07) is 0. The Kier molecular flexibility index (Phi) is 9.43. The second-order valence-electron chi connectivity index (χ2n) is 7.11. The molecule has 1 heterocycles. The summed E-state index contributed by atoms with van der Waals surface area (Å²) < 4.78 is 7.58. The molecule has 0 aromatic carbocycles. The van der Waals surface area contributed by atoms with Crippen LogP contribution in [0.2, 0.25) is 0 Å². The zero-order chi connectivity index (χ0) is 19.3. The zero-order valence-corrected chi connectivity index (χ0v) is 15.4.